The molecule has 4 nitrogen and oxygen atoms in total. The van der Waals surface area contributed by atoms with E-state index in [4.69, 9.17) is 10.5 Å². The summed E-state index contributed by atoms with van der Waals surface area (Å²) in [7, 11) is 0. The molecular weight excluding hydrogens is 506 g/mol. The Hall–Kier alpha value is -2.59. The van der Waals surface area contributed by atoms with Crippen LogP contribution in [-0.2, 0) is 6.42 Å². The van der Waals surface area contributed by atoms with Crippen LogP contribution in [0.3, 0.4) is 0 Å². The highest BCUT2D eigenvalue weighted by Crippen LogP contribution is 2.18. The lowest BCUT2D eigenvalue weighted by Crippen LogP contribution is -2.12. The van der Waals surface area contributed by atoms with Gasteiger partial charge in [-0.05, 0) is 60.9 Å². The molecule has 1 unspecified atom stereocenters. The second-order valence-corrected chi connectivity index (χ2v) is 11.6. The fourth-order valence-electron chi connectivity index (χ4n) is 5.22. The third kappa shape index (κ3) is 17.7. The average Bonchev–Trinajstić information content (AvgIpc) is 2.97. The van der Waals surface area contributed by atoms with Crippen molar-refractivity contribution in [2.75, 3.05) is 5.73 Å². The third-order valence-electron chi connectivity index (χ3n) is 7.84. The number of nitrogens with two attached hydrogens (primary N) is 1. The van der Waals surface area contributed by atoms with E-state index >= 15 is 0 Å². The molecular formula is C37H57NO3. The number of ether oxygens (including phenoxy) is 1. The van der Waals surface area contributed by atoms with Gasteiger partial charge in [-0.2, -0.15) is 0 Å². The van der Waals surface area contributed by atoms with Gasteiger partial charge in [-0.3, -0.25) is 4.79 Å². The molecule has 3 N–H and O–H groups in total. The monoisotopic (exact) mass is 563 g/mol. The first-order valence-electron chi connectivity index (χ1n) is 16.6. The Balaban J connectivity index is 1.41. The molecule has 2 aromatic carbocycles. The summed E-state index contributed by atoms with van der Waals surface area (Å²) in [4.78, 5) is 12.2. The van der Waals surface area contributed by atoms with Crippen LogP contribution in [0.15, 0.2) is 60.7 Å². The van der Waals surface area contributed by atoms with Gasteiger partial charge in [-0.1, -0.05) is 134 Å². The quantitative estimate of drug-likeness (QED) is 0.0414. The number of nitrogen functional groups attached to an aromatic ring is 1. The van der Waals surface area contributed by atoms with Crippen molar-refractivity contribution in [1.82, 2.24) is 0 Å². The van der Waals surface area contributed by atoms with Gasteiger partial charge in [0.05, 0.1) is 0 Å². The van der Waals surface area contributed by atoms with Gasteiger partial charge in [0.15, 0.2) is 5.78 Å². The fraction of sp³-hybridized carbons (Fsp3) is 0.595. The van der Waals surface area contributed by atoms with Gasteiger partial charge < -0.3 is 15.6 Å². The minimum atomic E-state index is -1.09. The maximum atomic E-state index is 12.2. The first-order valence-corrected chi connectivity index (χ1v) is 16.6. The minimum absolute atomic E-state index is 0.0302. The van der Waals surface area contributed by atoms with E-state index in [1.165, 1.54) is 127 Å². The fourth-order valence-corrected chi connectivity index (χ4v) is 5.22. The summed E-state index contributed by atoms with van der Waals surface area (Å²) in [6.07, 6.45) is 28.4. The number of Topliss-reactive ketones (excluding diaryl/α,β-unsaturated/α-hetero) is 1. The number of aryl methyl sites for hydroxylation is 1. The number of carbonyl (C=O) groups excluding carboxylic acids is 1. The van der Waals surface area contributed by atoms with E-state index in [1.54, 1.807) is 30.3 Å². The molecule has 0 fully saturated rings. The molecule has 4 heteroatoms. The second-order valence-electron chi connectivity index (χ2n) is 11.6. The van der Waals surface area contributed by atoms with Crippen LogP contribution in [0.1, 0.15) is 145 Å². The smallest absolute Gasteiger partial charge is 0.217 e. The molecule has 2 aromatic rings. The van der Waals surface area contributed by atoms with Gasteiger partial charge in [-0.25, -0.2) is 0 Å². The summed E-state index contributed by atoms with van der Waals surface area (Å²) in [5.74, 6) is 0.589. The van der Waals surface area contributed by atoms with Gasteiger partial charge in [0.2, 0.25) is 6.29 Å². The highest BCUT2D eigenvalue weighted by atomic mass is 16.6. The summed E-state index contributed by atoms with van der Waals surface area (Å²) in [5.41, 5.74) is 8.18. The van der Waals surface area contributed by atoms with Crippen molar-refractivity contribution < 1.29 is 14.6 Å². The molecule has 0 saturated carbocycles. The first-order chi connectivity index (χ1) is 20.1. The largest absolute Gasteiger partial charge is 0.461 e. The van der Waals surface area contributed by atoms with E-state index in [-0.39, 0.29) is 12.2 Å². The molecule has 0 radical (unpaired) electrons. The lowest BCUT2D eigenvalue weighted by atomic mass is 10.0. The van der Waals surface area contributed by atoms with E-state index in [2.05, 4.69) is 19.1 Å². The zero-order valence-corrected chi connectivity index (χ0v) is 25.8. The molecule has 0 aliphatic rings. The summed E-state index contributed by atoms with van der Waals surface area (Å²) in [5, 5.41) is 10.1. The molecule has 0 aliphatic carbocycles. The van der Waals surface area contributed by atoms with Crippen molar-refractivity contribution in [1.29, 1.82) is 0 Å². The Morgan fingerprint density at radius 1 is 0.707 bits per heavy atom. The SMILES string of the molecule is CCCCCCCCCCCCCCCCCCCCc1ccc(OC(O)C=CCC(=O)c2ccc(N)cc2)cc1. The number of hydrogen-bond donors (Lipinski definition) is 2. The number of unbranched alkanes of at least 4 members (excludes halogenated alkanes) is 17. The number of carbonyl (C=O) groups is 1. The molecule has 228 valence electrons. The van der Waals surface area contributed by atoms with Crippen LogP contribution < -0.4 is 10.5 Å². The van der Waals surface area contributed by atoms with Gasteiger partial charge >= 0.3 is 0 Å². The normalized spacial score (nSPS) is 12.1. The number of benzene rings is 2. The Morgan fingerprint density at radius 2 is 1.17 bits per heavy atom. The third-order valence-corrected chi connectivity index (χ3v) is 7.84. The van der Waals surface area contributed by atoms with Crippen molar-refractivity contribution in [2.45, 2.75) is 142 Å². The molecule has 0 aromatic heterocycles. The van der Waals surface area contributed by atoms with E-state index in [0.717, 1.165) is 6.42 Å². The van der Waals surface area contributed by atoms with Crippen LogP contribution in [0, 0.1) is 0 Å². The maximum Gasteiger partial charge on any atom is 0.217 e. The van der Waals surface area contributed by atoms with Crippen molar-refractivity contribution in [3.8, 4) is 5.75 Å². The number of rotatable bonds is 25. The van der Waals surface area contributed by atoms with Crippen LogP contribution in [0.5, 0.6) is 5.75 Å². The van der Waals surface area contributed by atoms with E-state index in [0.29, 0.717) is 17.0 Å². The average molecular weight is 564 g/mol. The second kappa shape index (κ2) is 23.0. The zero-order chi connectivity index (χ0) is 29.4. The first kappa shape index (κ1) is 34.6. The lowest BCUT2D eigenvalue weighted by Gasteiger charge is -2.10. The molecule has 0 saturated heterocycles. The van der Waals surface area contributed by atoms with Gasteiger partial charge in [-0.15, -0.1) is 0 Å². The predicted octanol–water partition coefficient (Wildman–Crippen LogP) is 10.4. The molecule has 1 atom stereocenters. The summed E-state index contributed by atoms with van der Waals surface area (Å²) < 4.78 is 5.56. The van der Waals surface area contributed by atoms with E-state index in [1.807, 2.05) is 12.1 Å². The highest BCUT2D eigenvalue weighted by Gasteiger charge is 2.05. The zero-order valence-electron chi connectivity index (χ0n) is 25.8. The number of aliphatic hydroxyl groups excluding tert-OH is 1. The van der Waals surface area contributed by atoms with Gasteiger partial charge in [0.1, 0.15) is 5.75 Å². The summed E-state index contributed by atoms with van der Waals surface area (Å²) in [6, 6.07) is 14.8. The standard InChI is InChI=1S/C37H57NO3/c1-2-3-4-5-6-7-8-9-10-11-12-13-14-15-16-17-18-19-21-32-24-30-35(31-25-32)41-37(40)23-20-22-36(39)33-26-28-34(38)29-27-33/h20,23-31,37,40H,2-19,21-22,38H2,1H3. The van der Waals surface area contributed by atoms with Gasteiger partial charge in [0.25, 0.3) is 0 Å². The maximum absolute atomic E-state index is 12.2. The van der Waals surface area contributed by atoms with Crippen LogP contribution >= 0.6 is 0 Å². The molecule has 2 rings (SSSR count). The molecule has 0 aliphatic heterocycles. The minimum Gasteiger partial charge on any atom is -0.461 e. The molecule has 41 heavy (non-hydrogen) atoms. The van der Waals surface area contributed by atoms with Crippen molar-refractivity contribution in [2.24, 2.45) is 0 Å². The van der Waals surface area contributed by atoms with Crippen LogP contribution in [0.25, 0.3) is 0 Å². The van der Waals surface area contributed by atoms with Crippen LogP contribution in [0.2, 0.25) is 0 Å². The number of hydrogen-bond acceptors (Lipinski definition) is 4. The van der Waals surface area contributed by atoms with Crippen LogP contribution in [-0.4, -0.2) is 17.2 Å². The van der Waals surface area contributed by atoms with Crippen LogP contribution in [0.4, 0.5) is 5.69 Å². The van der Waals surface area contributed by atoms with E-state index in [9.17, 15) is 9.90 Å². The molecule has 0 heterocycles. The number of allylic oxidation sites excluding steroid dienone is 1. The Bertz CT molecular complexity index is 936. The van der Waals surface area contributed by atoms with Crippen molar-refractivity contribution >= 4 is 11.5 Å². The Kier molecular flexibility index (Phi) is 19.4. The topological polar surface area (TPSA) is 72.5 Å². The van der Waals surface area contributed by atoms with Crippen molar-refractivity contribution in [3.63, 3.8) is 0 Å². The Morgan fingerprint density at radius 3 is 1.66 bits per heavy atom. The highest BCUT2D eigenvalue weighted by molar-refractivity contribution is 5.97. The van der Waals surface area contributed by atoms with Gasteiger partial charge in [0, 0.05) is 17.7 Å². The Labute approximate surface area is 250 Å². The predicted molar refractivity (Wildman–Crippen MR) is 175 cm³/mol. The number of anilines is 1. The molecule has 0 bridgehead atoms. The van der Waals surface area contributed by atoms with E-state index < -0.39 is 6.29 Å². The summed E-state index contributed by atoms with van der Waals surface area (Å²) >= 11 is 0. The molecule has 0 spiro atoms. The number of aliphatic hydroxyl groups is 1. The molecule has 0 amide bonds. The number of ketones is 1. The summed E-state index contributed by atoms with van der Waals surface area (Å²) in [6.45, 7) is 2.29. The van der Waals surface area contributed by atoms with Crippen molar-refractivity contribution in [3.05, 3.63) is 71.8 Å². The lowest BCUT2D eigenvalue weighted by molar-refractivity contribution is 0.0246.